The second-order valence-corrected chi connectivity index (χ2v) is 10.3. The predicted octanol–water partition coefficient (Wildman–Crippen LogP) is 4.63. The Hall–Kier alpha value is -3.62. The number of pyridine rings is 2. The molecule has 1 amide bonds. The molecule has 4 aromatic rings. The first kappa shape index (κ1) is 22.6. The van der Waals surface area contributed by atoms with Crippen LogP contribution in [0.1, 0.15) is 31.1 Å². The van der Waals surface area contributed by atoms with Crippen LogP contribution in [0, 0.1) is 0 Å². The fraction of sp³-hybridized carbons (Fsp3) is 0.160. The molecule has 0 radical (unpaired) electrons. The highest BCUT2D eigenvalue weighted by atomic mass is 32.2. The molecule has 7 nitrogen and oxygen atoms in total. The fourth-order valence-electron chi connectivity index (χ4n) is 3.41. The summed E-state index contributed by atoms with van der Waals surface area (Å²) in [4.78, 5) is 22.0. The normalized spacial score (nSPS) is 12.0. The van der Waals surface area contributed by atoms with Crippen molar-refractivity contribution in [1.82, 2.24) is 14.7 Å². The third-order valence-corrected chi connectivity index (χ3v) is 6.57. The van der Waals surface area contributed by atoms with Gasteiger partial charge in [-0.25, -0.2) is 18.1 Å². The van der Waals surface area contributed by atoms with Crippen LogP contribution < -0.4 is 10.0 Å². The van der Waals surface area contributed by atoms with E-state index in [9.17, 15) is 13.2 Å². The van der Waals surface area contributed by atoms with Gasteiger partial charge in [0.05, 0.1) is 21.7 Å². The van der Waals surface area contributed by atoms with Gasteiger partial charge in [0.25, 0.3) is 5.91 Å². The van der Waals surface area contributed by atoms with Gasteiger partial charge in [-0.05, 0) is 69.3 Å². The molecule has 33 heavy (non-hydrogen) atoms. The van der Waals surface area contributed by atoms with E-state index in [-0.39, 0.29) is 10.8 Å². The monoisotopic (exact) mass is 460 g/mol. The van der Waals surface area contributed by atoms with Crippen molar-refractivity contribution in [2.75, 3.05) is 5.32 Å². The number of nitrogens with one attached hydrogen (secondary N) is 2. The lowest BCUT2D eigenvalue weighted by molar-refractivity contribution is 0.102. The van der Waals surface area contributed by atoms with Gasteiger partial charge < -0.3 is 5.32 Å². The first-order valence-electron chi connectivity index (χ1n) is 10.4. The topological polar surface area (TPSA) is 101 Å². The largest absolute Gasteiger partial charge is 0.322 e. The van der Waals surface area contributed by atoms with Crippen LogP contribution in [-0.2, 0) is 10.0 Å². The van der Waals surface area contributed by atoms with Crippen LogP contribution in [0.15, 0.2) is 84.0 Å². The number of hydrogen-bond donors (Lipinski definition) is 2. The zero-order valence-corrected chi connectivity index (χ0v) is 19.3. The van der Waals surface area contributed by atoms with E-state index < -0.39 is 15.6 Å². The summed E-state index contributed by atoms with van der Waals surface area (Å²) in [7, 11) is -3.66. The quantitative estimate of drug-likeness (QED) is 0.452. The number of hydrogen-bond acceptors (Lipinski definition) is 5. The molecule has 2 heterocycles. The van der Waals surface area contributed by atoms with Crippen molar-refractivity contribution in [3.8, 4) is 11.3 Å². The summed E-state index contributed by atoms with van der Waals surface area (Å²) >= 11 is 0. The highest BCUT2D eigenvalue weighted by molar-refractivity contribution is 7.89. The Kier molecular flexibility index (Phi) is 5.97. The maximum Gasteiger partial charge on any atom is 0.256 e. The third-order valence-electron chi connectivity index (χ3n) is 4.80. The Morgan fingerprint density at radius 2 is 1.58 bits per heavy atom. The van der Waals surface area contributed by atoms with Crippen molar-refractivity contribution < 1.29 is 13.2 Å². The van der Waals surface area contributed by atoms with Gasteiger partial charge in [0.15, 0.2) is 0 Å². The van der Waals surface area contributed by atoms with E-state index in [1.54, 1.807) is 51.4 Å². The highest BCUT2D eigenvalue weighted by Crippen LogP contribution is 2.25. The van der Waals surface area contributed by atoms with E-state index >= 15 is 0 Å². The maximum absolute atomic E-state index is 13.2. The molecule has 2 aromatic heterocycles. The van der Waals surface area contributed by atoms with Crippen molar-refractivity contribution in [3.05, 3.63) is 84.7 Å². The molecule has 2 aromatic carbocycles. The summed E-state index contributed by atoms with van der Waals surface area (Å²) in [5.74, 6) is -0.313. The van der Waals surface area contributed by atoms with Gasteiger partial charge in [-0.3, -0.25) is 9.78 Å². The maximum atomic E-state index is 13.2. The van der Waals surface area contributed by atoms with Gasteiger partial charge in [0.1, 0.15) is 0 Å². The molecule has 0 aliphatic rings. The van der Waals surface area contributed by atoms with Gasteiger partial charge in [0, 0.05) is 34.6 Å². The molecule has 0 fully saturated rings. The lowest BCUT2D eigenvalue weighted by Crippen LogP contribution is -2.40. The standard InChI is InChI=1S/C25H24N4O3S/c1-25(2,3)29-33(31,32)19-10-8-18(9-11-19)27-24(30)21-16-23(17-12-14-26-15-13-17)28-22-7-5-4-6-20(21)22/h4-16,29H,1-3H3,(H,27,30). The Bertz CT molecular complexity index is 1410. The molecule has 0 bridgehead atoms. The van der Waals surface area contributed by atoms with Crippen LogP contribution >= 0.6 is 0 Å². The van der Waals surface area contributed by atoms with E-state index in [0.717, 1.165) is 10.9 Å². The molecule has 4 rings (SSSR count). The van der Waals surface area contributed by atoms with E-state index in [0.29, 0.717) is 22.5 Å². The second-order valence-electron chi connectivity index (χ2n) is 8.64. The number of carbonyl (C=O) groups excluding carboxylic acids is 1. The average Bonchev–Trinajstić information content (AvgIpc) is 2.77. The van der Waals surface area contributed by atoms with Gasteiger partial charge in [-0.2, -0.15) is 0 Å². The fourth-order valence-corrected chi connectivity index (χ4v) is 4.83. The lowest BCUT2D eigenvalue weighted by atomic mass is 10.0. The zero-order valence-electron chi connectivity index (χ0n) is 18.5. The number of fused-ring (bicyclic) bond motifs is 1. The molecule has 0 unspecified atom stereocenters. The van der Waals surface area contributed by atoms with Crippen molar-refractivity contribution in [2.24, 2.45) is 0 Å². The van der Waals surface area contributed by atoms with Crippen LogP contribution in [-0.4, -0.2) is 29.8 Å². The SMILES string of the molecule is CC(C)(C)NS(=O)(=O)c1ccc(NC(=O)c2cc(-c3ccncc3)nc3ccccc23)cc1. The summed E-state index contributed by atoms with van der Waals surface area (Å²) in [6, 6.07) is 18.9. The summed E-state index contributed by atoms with van der Waals surface area (Å²) in [6.07, 6.45) is 3.35. The third kappa shape index (κ3) is 5.24. The number of carbonyl (C=O) groups is 1. The highest BCUT2D eigenvalue weighted by Gasteiger charge is 2.22. The molecule has 0 aliphatic carbocycles. The average molecular weight is 461 g/mol. The lowest BCUT2D eigenvalue weighted by Gasteiger charge is -2.20. The van der Waals surface area contributed by atoms with Crippen LogP contribution in [0.2, 0.25) is 0 Å². The number of amides is 1. The molecule has 2 N–H and O–H groups in total. The van der Waals surface area contributed by atoms with Crippen LogP contribution in [0.5, 0.6) is 0 Å². The molecule has 0 saturated heterocycles. The van der Waals surface area contributed by atoms with Crippen molar-refractivity contribution in [3.63, 3.8) is 0 Å². The second kappa shape index (κ2) is 8.73. The minimum absolute atomic E-state index is 0.129. The Morgan fingerprint density at radius 1 is 0.909 bits per heavy atom. The minimum atomic E-state index is -3.66. The Morgan fingerprint density at radius 3 is 2.24 bits per heavy atom. The first-order chi connectivity index (χ1) is 15.6. The Balaban J connectivity index is 1.64. The summed E-state index contributed by atoms with van der Waals surface area (Å²) in [5, 5.41) is 3.59. The number of rotatable bonds is 5. The van der Waals surface area contributed by atoms with Gasteiger partial charge in [0.2, 0.25) is 10.0 Å². The van der Waals surface area contributed by atoms with Crippen LogP contribution in [0.4, 0.5) is 5.69 Å². The number of sulfonamides is 1. The van der Waals surface area contributed by atoms with E-state index in [2.05, 4.69) is 20.0 Å². The predicted molar refractivity (Wildman–Crippen MR) is 129 cm³/mol. The summed E-state index contributed by atoms with van der Waals surface area (Å²) < 4.78 is 27.6. The number of benzene rings is 2. The first-order valence-corrected chi connectivity index (χ1v) is 11.9. The summed E-state index contributed by atoms with van der Waals surface area (Å²) in [5.41, 5.74) is 2.58. The van der Waals surface area contributed by atoms with E-state index in [4.69, 9.17) is 0 Å². The molecular weight excluding hydrogens is 436 g/mol. The number of para-hydroxylation sites is 1. The van der Waals surface area contributed by atoms with Crippen molar-refractivity contribution in [2.45, 2.75) is 31.2 Å². The molecule has 0 atom stereocenters. The molecule has 8 heteroatoms. The van der Waals surface area contributed by atoms with E-state index in [1.807, 2.05) is 36.4 Å². The number of anilines is 1. The summed E-state index contributed by atoms with van der Waals surface area (Å²) in [6.45, 7) is 5.33. The molecule has 0 saturated carbocycles. The molecule has 168 valence electrons. The van der Waals surface area contributed by atoms with Crippen molar-refractivity contribution in [1.29, 1.82) is 0 Å². The molecule has 0 aliphatic heterocycles. The smallest absolute Gasteiger partial charge is 0.256 e. The Labute approximate surface area is 193 Å². The molecular formula is C25H24N4O3S. The van der Waals surface area contributed by atoms with Gasteiger partial charge in [-0.1, -0.05) is 18.2 Å². The number of aromatic nitrogens is 2. The van der Waals surface area contributed by atoms with Crippen molar-refractivity contribution >= 4 is 32.5 Å². The minimum Gasteiger partial charge on any atom is -0.322 e. The van der Waals surface area contributed by atoms with Gasteiger partial charge >= 0.3 is 0 Å². The number of nitrogens with zero attached hydrogens (tertiary/aromatic N) is 2. The van der Waals surface area contributed by atoms with Gasteiger partial charge in [-0.15, -0.1) is 0 Å². The van der Waals surface area contributed by atoms with Crippen LogP contribution in [0.3, 0.4) is 0 Å². The zero-order chi connectivity index (χ0) is 23.6. The van der Waals surface area contributed by atoms with Crippen LogP contribution in [0.25, 0.3) is 22.2 Å². The molecule has 0 spiro atoms. The van der Waals surface area contributed by atoms with E-state index in [1.165, 1.54) is 12.1 Å².